The van der Waals surface area contributed by atoms with E-state index in [1.54, 1.807) is 19.1 Å². The highest BCUT2D eigenvalue weighted by Crippen LogP contribution is 2.28. The summed E-state index contributed by atoms with van der Waals surface area (Å²) in [4.78, 5) is 0.157. The van der Waals surface area contributed by atoms with E-state index < -0.39 is 10.0 Å². The van der Waals surface area contributed by atoms with Gasteiger partial charge >= 0.3 is 0 Å². The number of hydrogen-bond donors (Lipinski definition) is 1. The molecule has 0 fully saturated rings. The summed E-state index contributed by atoms with van der Waals surface area (Å²) in [6.45, 7) is 9.28. The fourth-order valence-corrected chi connectivity index (χ4v) is 3.97. The summed E-state index contributed by atoms with van der Waals surface area (Å²) < 4.78 is 31.8. The van der Waals surface area contributed by atoms with E-state index in [0.29, 0.717) is 18.8 Å². The van der Waals surface area contributed by atoms with Crippen LogP contribution in [0.1, 0.15) is 19.6 Å². The standard InChI is InChI=1S/C12H19BrN2O3S/c1-4-7-15(6-3)19(16,17)11-8-10(9-14-5-2)18-12(11)13/h4,8,14H,1,5-7,9H2,2-3H3. The number of rotatable bonds is 8. The van der Waals surface area contributed by atoms with Crippen LogP contribution >= 0.6 is 15.9 Å². The molecule has 0 amide bonds. The van der Waals surface area contributed by atoms with Crippen LogP contribution < -0.4 is 5.32 Å². The number of furan rings is 1. The molecule has 1 N–H and O–H groups in total. The Morgan fingerprint density at radius 3 is 2.74 bits per heavy atom. The highest BCUT2D eigenvalue weighted by atomic mass is 79.9. The average Bonchev–Trinajstić information content (AvgIpc) is 2.75. The summed E-state index contributed by atoms with van der Waals surface area (Å²) in [6.07, 6.45) is 1.56. The molecular formula is C12H19BrN2O3S. The van der Waals surface area contributed by atoms with Gasteiger partial charge in [0.1, 0.15) is 10.7 Å². The van der Waals surface area contributed by atoms with Crippen molar-refractivity contribution in [3.8, 4) is 0 Å². The molecule has 7 heteroatoms. The minimum atomic E-state index is -3.55. The van der Waals surface area contributed by atoms with Gasteiger partial charge in [-0.05, 0) is 22.5 Å². The van der Waals surface area contributed by atoms with Crippen molar-refractivity contribution in [1.82, 2.24) is 9.62 Å². The molecule has 0 aliphatic rings. The molecule has 0 spiro atoms. The molecule has 108 valence electrons. The molecule has 0 aliphatic heterocycles. The molecule has 0 saturated carbocycles. The van der Waals surface area contributed by atoms with Gasteiger partial charge in [0.05, 0.1) is 6.54 Å². The molecule has 1 heterocycles. The van der Waals surface area contributed by atoms with Gasteiger partial charge in [0.25, 0.3) is 0 Å². The summed E-state index contributed by atoms with van der Waals surface area (Å²) in [7, 11) is -3.55. The van der Waals surface area contributed by atoms with Gasteiger partial charge in [-0.2, -0.15) is 4.31 Å². The van der Waals surface area contributed by atoms with E-state index in [1.807, 2.05) is 6.92 Å². The summed E-state index contributed by atoms with van der Waals surface area (Å²) >= 11 is 3.17. The number of hydrogen-bond acceptors (Lipinski definition) is 4. The van der Waals surface area contributed by atoms with Crippen molar-refractivity contribution in [1.29, 1.82) is 0 Å². The molecule has 1 aromatic heterocycles. The molecule has 19 heavy (non-hydrogen) atoms. The van der Waals surface area contributed by atoms with Gasteiger partial charge in [-0.15, -0.1) is 6.58 Å². The molecule has 0 unspecified atom stereocenters. The zero-order valence-electron chi connectivity index (χ0n) is 11.1. The van der Waals surface area contributed by atoms with Crippen LogP contribution in [0.15, 0.2) is 32.7 Å². The van der Waals surface area contributed by atoms with Crippen molar-refractivity contribution in [2.75, 3.05) is 19.6 Å². The number of nitrogens with one attached hydrogen (secondary N) is 1. The molecule has 0 atom stereocenters. The molecular weight excluding hydrogens is 332 g/mol. The summed E-state index contributed by atoms with van der Waals surface area (Å²) in [6, 6.07) is 1.55. The van der Waals surface area contributed by atoms with E-state index in [4.69, 9.17) is 4.42 Å². The van der Waals surface area contributed by atoms with E-state index in [1.165, 1.54) is 4.31 Å². The molecule has 0 saturated heterocycles. The maximum atomic E-state index is 12.4. The Labute approximate surface area is 122 Å². The fraction of sp³-hybridized carbons (Fsp3) is 0.500. The highest BCUT2D eigenvalue weighted by Gasteiger charge is 2.27. The monoisotopic (exact) mass is 350 g/mol. The first-order chi connectivity index (χ1) is 8.97. The fourth-order valence-electron chi connectivity index (χ4n) is 1.59. The third kappa shape index (κ3) is 3.92. The van der Waals surface area contributed by atoms with Crippen molar-refractivity contribution in [3.05, 3.63) is 29.2 Å². The van der Waals surface area contributed by atoms with Crippen molar-refractivity contribution in [2.24, 2.45) is 0 Å². The largest absolute Gasteiger partial charge is 0.452 e. The SMILES string of the molecule is C=CCN(CC)S(=O)(=O)c1cc(CNCC)oc1Br. The maximum Gasteiger partial charge on any atom is 0.247 e. The van der Waals surface area contributed by atoms with Crippen molar-refractivity contribution >= 4 is 26.0 Å². The second kappa shape index (κ2) is 7.23. The summed E-state index contributed by atoms with van der Waals surface area (Å²) in [5.41, 5.74) is 0. The van der Waals surface area contributed by atoms with Crippen molar-refractivity contribution < 1.29 is 12.8 Å². The zero-order valence-corrected chi connectivity index (χ0v) is 13.6. The van der Waals surface area contributed by atoms with Gasteiger partial charge in [0.2, 0.25) is 10.0 Å². The van der Waals surface area contributed by atoms with E-state index in [2.05, 4.69) is 27.8 Å². The lowest BCUT2D eigenvalue weighted by molar-refractivity contribution is 0.448. The normalized spacial score (nSPS) is 12.0. The lowest BCUT2D eigenvalue weighted by Gasteiger charge is -2.17. The number of halogens is 1. The number of sulfonamides is 1. The van der Waals surface area contributed by atoms with Gasteiger partial charge < -0.3 is 9.73 Å². The van der Waals surface area contributed by atoms with E-state index >= 15 is 0 Å². The van der Waals surface area contributed by atoms with Crippen LogP contribution in [-0.2, 0) is 16.6 Å². The predicted molar refractivity (Wildman–Crippen MR) is 78.4 cm³/mol. The van der Waals surface area contributed by atoms with Crippen molar-refractivity contribution in [3.63, 3.8) is 0 Å². The van der Waals surface area contributed by atoms with Crippen LogP contribution in [0.3, 0.4) is 0 Å². The van der Waals surface area contributed by atoms with Gasteiger partial charge in [-0.3, -0.25) is 0 Å². The molecule has 1 rings (SSSR count). The van der Waals surface area contributed by atoms with Crippen LogP contribution in [0.4, 0.5) is 0 Å². The summed E-state index contributed by atoms with van der Waals surface area (Å²) in [5, 5.41) is 3.09. The van der Waals surface area contributed by atoms with Gasteiger partial charge in [-0.25, -0.2) is 8.42 Å². The third-order valence-corrected chi connectivity index (χ3v) is 5.36. The Morgan fingerprint density at radius 2 is 2.21 bits per heavy atom. The average molecular weight is 351 g/mol. The Morgan fingerprint density at radius 1 is 1.53 bits per heavy atom. The quantitative estimate of drug-likeness (QED) is 0.731. The third-order valence-electron chi connectivity index (χ3n) is 2.56. The van der Waals surface area contributed by atoms with Crippen LogP contribution in [-0.4, -0.2) is 32.4 Å². The first-order valence-electron chi connectivity index (χ1n) is 6.07. The minimum Gasteiger partial charge on any atom is -0.452 e. The molecule has 0 aromatic carbocycles. The van der Waals surface area contributed by atoms with Crippen LogP contribution in [0, 0.1) is 0 Å². The molecule has 0 bridgehead atoms. The first kappa shape index (κ1) is 16.4. The maximum absolute atomic E-state index is 12.4. The van der Waals surface area contributed by atoms with Crippen LogP contribution in [0.2, 0.25) is 0 Å². The minimum absolute atomic E-state index is 0.157. The number of likely N-dealkylation sites (N-methyl/N-ethyl adjacent to an activating group) is 1. The highest BCUT2D eigenvalue weighted by molar-refractivity contribution is 9.10. The Balaban J connectivity index is 3.06. The zero-order chi connectivity index (χ0) is 14.5. The van der Waals surface area contributed by atoms with Crippen LogP contribution in [0.25, 0.3) is 0 Å². The lowest BCUT2D eigenvalue weighted by atomic mass is 10.4. The number of nitrogens with zero attached hydrogens (tertiary/aromatic N) is 1. The molecule has 0 radical (unpaired) electrons. The van der Waals surface area contributed by atoms with E-state index in [9.17, 15) is 8.42 Å². The molecule has 0 aliphatic carbocycles. The topological polar surface area (TPSA) is 62.6 Å². The second-order valence-electron chi connectivity index (χ2n) is 3.88. The Hall–Kier alpha value is -0.630. The smallest absolute Gasteiger partial charge is 0.247 e. The van der Waals surface area contributed by atoms with E-state index in [0.717, 1.165) is 6.54 Å². The van der Waals surface area contributed by atoms with Crippen LogP contribution in [0.5, 0.6) is 0 Å². The van der Waals surface area contributed by atoms with Gasteiger partial charge in [-0.1, -0.05) is 19.9 Å². The molecule has 5 nitrogen and oxygen atoms in total. The van der Waals surface area contributed by atoms with Gasteiger partial charge in [0.15, 0.2) is 4.67 Å². The Bertz CT molecular complexity index is 525. The first-order valence-corrected chi connectivity index (χ1v) is 8.30. The van der Waals surface area contributed by atoms with Gasteiger partial charge in [0, 0.05) is 19.2 Å². The lowest BCUT2D eigenvalue weighted by Crippen LogP contribution is -2.31. The van der Waals surface area contributed by atoms with Crippen molar-refractivity contribution in [2.45, 2.75) is 25.3 Å². The van der Waals surface area contributed by atoms with E-state index in [-0.39, 0.29) is 16.1 Å². The second-order valence-corrected chi connectivity index (χ2v) is 6.50. The molecule has 1 aromatic rings. The summed E-state index contributed by atoms with van der Waals surface area (Å²) in [5.74, 6) is 0.585. The Kier molecular flexibility index (Phi) is 6.25. The predicted octanol–water partition coefficient (Wildman–Crippen LogP) is 2.35.